The number of nitrogens with two attached hydrogens (primary N) is 1. The number of hydrogen-bond donors (Lipinski definition) is 3. The molecule has 3 rings (SSSR count). The SMILES string of the molecule is CC1(NC(=O)Nc2ccc(Oc3cccc(C(N)=O)c3)cc2)CCOC1. The number of primary amides is 1. The number of urea groups is 1. The molecular formula is C19H21N3O4. The molecule has 1 saturated heterocycles. The summed E-state index contributed by atoms with van der Waals surface area (Å²) in [6.45, 7) is 3.12. The fourth-order valence-electron chi connectivity index (χ4n) is 2.66. The van der Waals surface area contributed by atoms with Gasteiger partial charge in [0.2, 0.25) is 5.91 Å². The number of hydrogen-bond acceptors (Lipinski definition) is 4. The number of rotatable bonds is 5. The minimum absolute atomic E-state index is 0.277. The number of ether oxygens (including phenoxy) is 2. The lowest BCUT2D eigenvalue weighted by Crippen LogP contribution is -2.48. The van der Waals surface area contributed by atoms with Crippen molar-refractivity contribution in [1.29, 1.82) is 0 Å². The van der Waals surface area contributed by atoms with Crippen LogP contribution in [0.25, 0.3) is 0 Å². The van der Waals surface area contributed by atoms with Crippen LogP contribution in [0.5, 0.6) is 11.5 Å². The molecule has 1 aliphatic heterocycles. The van der Waals surface area contributed by atoms with E-state index in [2.05, 4.69) is 10.6 Å². The number of carbonyl (C=O) groups excluding carboxylic acids is 2. The second-order valence-corrected chi connectivity index (χ2v) is 6.46. The Bertz CT molecular complexity index is 799. The van der Waals surface area contributed by atoms with Crippen molar-refractivity contribution in [2.45, 2.75) is 18.9 Å². The fourth-order valence-corrected chi connectivity index (χ4v) is 2.66. The molecule has 1 atom stereocenters. The Morgan fingerprint density at radius 2 is 1.92 bits per heavy atom. The molecular weight excluding hydrogens is 334 g/mol. The third kappa shape index (κ3) is 4.52. The lowest BCUT2D eigenvalue weighted by molar-refractivity contribution is 0.1000. The van der Waals surface area contributed by atoms with Crippen LogP contribution in [0.2, 0.25) is 0 Å². The van der Waals surface area contributed by atoms with E-state index < -0.39 is 5.91 Å². The van der Waals surface area contributed by atoms with Crippen LogP contribution in [0.3, 0.4) is 0 Å². The number of anilines is 1. The summed E-state index contributed by atoms with van der Waals surface area (Å²) in [4.78, 5) is 23.3. The van der Waals surface area contributed by atoms with E-state index in [0.717, 1.165) is 6.42 Å². The van der Waals surface area contributed by atoms with Gasteiger partial charge in [-0.25, -0.2) is 4.79 Å². The van der Waals surface area contributed by atoms with Gasteiger partial charge in [-0.2, -0.15) is 0 Å². The highest BCUT2D eigenvalue weighted by Crippen LogP contribution is 2.24. The van der Waals surface area contributed by atoms with Crippen LogP contribution in [0.4, 0.5) is 10.5 Å². The summed E-state index contributed by atoms with van der Waals surface area (Å²) in [5.74, 6) is 0.574. The van der Waals surface area contributed by atoms with Crippen LogP contribution >= 0.6 is 0 Å². The topological polar surface area (TPSA) is 103 Å². The molecule has 1 fully saturated rings. The van der Waals surface area contributed by atoms with Crippen LogP contribution in [0.1, 0.15) is 23.7 Å². The van der Waals surface area contributed by atoms with E-state index in [1.807, 2.05) is 6.92 Å². The molecule has 136 valence electrons. The highest BCUT2D eigenvalue weighted by molar-refractivity contribution is 5.93. The Morgan fingerprint density at radius 3 is 2.58 bits per heavy atom. The third-order valence-corrected chi connectivity index (χ3v) is 4.10. The minimum Gasteiger partial charge on any atom is -0.457 e. The fraction of sp³-hybridized carbons (Fsp3) is 0.263. The first kappa shape index (κ1) is 17.8. The predicted octanol–water partition coefficient (Wildman–Crippen LogP) is 2.88. The zero-order chi connectivity index (χ0) is 18.6. The molecule has 0 aromatic heterocycles. The lowest BCUT2D eigenvalue weighted by Gasteiger charge is -2.23. The number of carbonyl (C=O) groups is 2. The van der Waals surface area contributed by atoms with Gasteiger partial charge < -0.3 is 25.8 Å². The van der Waals surface area contributed by atoms with Crippen LogP contribution < -0.4 is 21.1 Å². The Kier molecular flexibility index (Phi) is 5.09. The minimum atomic E-state index is -0.512. The van der Waals surface area contributed by atoms with E-state index in [4.69, 9.17) is 15.2 Å². The molecule has 7 heteroatoms. The molecule has 0 aliphatic carbocycles. The molecule has 26 heavy (non-hydrogen) atoms. The Balaban J connectivity index is 1.59. The Labute approximate surface area is 151 Å². The van der Waals surface area contributed by atoms with E-state index in [1.165, 1.54) is 0 Å². The van der Waals surface area contributed by atoms with Crippen molar-refractivity contribution in [3.05, 3.63) is 54.1 Å². The first-order valence-electron chi connectivity index (χ1n) is 8.28. The van der Waals surface area contributed by atoms with Crippen molar-refractivity contribution in [3.63, 3.8) is 0 Å². The molecule has 7 nitrogen and oxygen atoms in total. The largest absolute Gasteiger partial charge is 0.457 e. The van der Waals surface area contributed by atoms with Crippen molar-refractivity contribution in [2.75, 3.05) is 18.5 Å². The molecule has 0 radical (unpaired) electrons. The van der Waals surface area contributed by atoms with Crippen LogP contribution in [-0.2, 0) is 4.74 Å². The quantitative estimate of drug-likeness (QED) is 0.767. The average molecular weight is 355 g/mol. The van der Waals surface area contributed by atoms with E-state index in [1.54, 1.807) is 48.5 Å². The summed E-state index contributed by atoms with van der Waals surface area (Å²) in [6, 6.07) is 13.3. The molecule has 3 amide bonds. The Hall–Kier alpha value is -3.06. The average Bonchev–Trinajstić information content (AvgIpc) is 3.02. The summed E-state index contributed by atoms with van der Waals surface area (Å²) in [7, 11) is 0. The monoisotopic (exact) mass is 355 g/mol. The van der Waals surface area contributed by atoms with Gasteiger partial charge in [0, 0.05) is 17.9 Å². The summed E-state index contributed by atoms with van der Waals surface area (Å²) < 4.78 is 11.0. The number of nitrogens with one attached hydrogen (secondary N) is 2. The van der Waals surface area contributed by atoms with Gasteiger partial charge in [0.15, 0.2) is 0 Å². The van der Waals surface area contributed by atoms with Gasteiger partial charge in [0.05, 0.1) is 12.1 Å². The molecule has 4 N–H and O–H groups in total. The maximum Gasteiger partial charge on any atom is 0.319 e. The van der Waals surface area contributed by atoms with Gasteiger partial charge in [-0.05, 0) is 55.8 Å². The van der Waals surface area contributed by atoms with E-state index >= 15 is 0 Å². The van der Waals surface area contributed by atoms with Gasteiger partial charge in [-0.1, -0.05) is 6.07 Å². The van der Waals surface area contributed by atoms with Gasteiger partial charge in [0.25, 0.3) is 0 Å². The third-order valence-electron chi connectivity index (χ3n) is 4.10. The van der Waals surface area contributed by atoms with Gasteiger partial charge in [-0.15, -0.1) is 0 Å². The molecule has 1 unspecified atom stereocenters. The van der Waals surface area contributed by atoms with Crippen LogP contribution in [0, 0.1) is 0 Å². The van der Waals surface area contributed by atoms with Gasteiger partial charge >= 0.3 is 6.03 Å². The van der Waals surface area contributed by atoms with Gasteiger partial charge in [0.1, 0.15) is 11.5 Å². The standard InChI is InChI=1S/C19H21N3O4/c1-19(9-10-25-12-19)22-18(24)21-14-5-7-15(8-6-14)26-16-4-2-3-13(11-16)17(20)23/h2-8,11H,9-10,12H2,1H3,(H2,20,23)(H2,21,22,24). The van der Waals surface area contributed by atoms with E-state index in [-0.39, 0.29) is 11.6 Å². The molecule has 0 spiro atoms. The van der Waals surface area contributed by atoms with Gasteiger partial charge in [-0.3, -0.25) is 4.79 Å². The van der Waals surface area contributed by atoms with Crippen molar-refractivity contribution in [1.82, 2.24) is 5.32 Å². The zero-order valence-electron chi connectivity index (χ0n) is 14.5. The highest BCUT2D eigenvalue weighted by Gasteiger charge is 2.31. The molecule has 2 aromatic rings. The summed E-state index contributed by atoms with van der Waals surface area (Å²) >= 11 is 0. The molecule has 2 aromatic carbocycles. The van der Waals surface area contributed by atoms with Crippen molar-refractivity contribution in [3.8, 4) is 11.5 Å². The van der Waals surface area contributed by atoms with Crippen molar-refractivity contribution in [2.24, 2.45) is 5.73 Å². The first-order chi connectivity index (χ1) is 12.4. The van der Waals surface area contributed by atoms with Crippen molar-refractivity contribution >= 4 is 17.6 Å². The maximum absolute atomic E-state index is 12.1. The number of amides is 3. The molecule has 0 saturated carbocycles. The zero-order valence-corrected chi connectivity index (χ0v) is 14.5. The molecule has 1 heterocycles. The smallest absolute Gasteiger partial charge is 0.319 e. The molecule has 0 bridgehead atoms. The van der Waals surface area contributed by atoms with E-state index in [9.17, 15) is 9.59 Å². The second-order valence-electron chi connectivity index (χ2n) is 6.46. The first-order valence-corrected chi connectivity index (χ1v) is 8.28. The Morgan fingerprint density at radius 1 is 1.15 bits per heavy atom. The normalized spacial score (nSPS) is 19.0. The second kappa shape index (κ2) is 7.45. The summed E-state index contributed by atoms with van der Waals surface area (Å²) in [5.41, 5.74) is 5.95. The van der Waals surface area contributed by atoms with E-state index in [0.29, 0.717) is 36.0 Å². The lowest BCUT2D eigenvalue weighted by atomic mass is 10.0. The van der Waals surface area contributed by atoms with Crippen LogP contribution in [0.15, 0.2) is 48.5 Å². The predicted molar refractivity (Wildman–Crippen MR) is 97.5 cm³/mol. The number of benzene rings is 2. The maximum atomic E-state index is 12.1. The van der Waals surface area contributed by atoms with Crippen LogP contribution in [-0.4, -0.2) is 30.7 Å². The van der Waals surface area contributed by atoms with Crippen molar-refractivity contribution < 1.29 is 19.1 Å². The highest BCUT2D eigenvalue weighted by atomic mass is 16.5. The molecule has 1 aliphatic rings. The summed E-state index contributed by atoms with van der Waals surface area (Å²) in [6.07, 6.45) is 0.789. The summed E-state index contributed by atoms with van der Waals surface area (Å²) in [5, 5.41) is 5.71.